The molecule has 0 heterocycles. The van der Waals surface area contributed by atoms with Gasteiger partial charge in [0.1, 0.15) is 11.5 Å². The van der Waals surface area contributed by atoms with Gasteiger partial charge in [-0.2, -0.15) is 0 Å². The molecule has 0 saturated carbocycles. The van der Waals surface area contributed by atoms with Crippen molar-refractivity contribution in [3.63, 3.8) is 0 Å². The van der Waals surface area contributed by atoms with E-state index in [-0.39, 0.29) is 9.92 Å². The van der Waals surface area contributed by atoms with E-state index in [1.54, 1.807) is 6.92 Å². The van der Waals surface area contributed by atoms with E-state index in [1.807, 2.05) is 4.72 Å². The number of aryl methyl sites for hydroxylation is 1. The van der Waals surface area contributed by atoms with E-state index in [2.05, 4.69) is 0 Å². The molecule has 2 aromatic rings. The Morgan fingerprint density at radius 3 is 2.43 bits per heavy atom. The van der Waals surface area contributed by atoms with Gasteiger partial charge in [0.25, 0.3) is 10.0 Å². The van der Waals surface area contributed by atoms with Crippen LogP contribution in [-0.2, 0) is 10.0 Å². The molecule has 3 N–H and O–H groups in total. The van der Waals surface area contributed by atoms with Crippen molar-refractivity contribution in [3.8, 4) is 0 Å². The number of nitrogens with two attached hydrogens (primary N) is 1. The molecule has 0 bridgehead atoms. The molecule has 0 fully saturated rings. The molecule has 112 valence electrons. The summed E-state index contributed by atoms with van der Waals surface area (Å²) in [5, 5.41) is -0.372. The number of anilines is 2. The van der Waals surface area contributed by atoms with E-state index in [1.165, 1.54) is 18.2 Å². The molecule has 0 aromatic heterocycles. The Morgan fingerprint density at radius 2 is 1.86 bits per heavy atom. The molecule has 0 atom stereocenters. The van der Waals surface area contributed by atoms with Crippen molar-refractivity contribution in [2.75, 3.05) is 10.5 Å². The minimum atomic E-state index is -4.06. The molecule has 0 spiro atoms. The second kappa shape index (κ2) is 5.50. The predicted molar refractivity (Wildman–Crippen MR) is 77.8 cm³/mol. The summed E-state index contributed by atoms with van der Waals surface area (Å²) in [6, 6.07) is 5.40. The molecular formula is C13H11ClF2N2O2S. The number of halogens is 3. The van der Waals surface area contributed by atoms with Crippen LogP contribution in [0, 0.1) is 18.6 Å². The summed E-state index contributed by atoms with van der Waals surface area (Å²) in [6.45, 7) is 1.64. The molecule has 0 radical (unpaired) electrons. The van der Waals surface area contributed by atoms with Crippen LogP contribution >= 0.6 is 11.6 Å². The van der Waals surface area contributed by atoms with Gasteiger partial charge in [-0.05, 0) is 36.8 Å². The van der Waals surface area contributed by atoms with Gasteiger partial charge in [0.2, 0.25) is 0 Å². The maximum absolute atomic E-state index is 13.6. The lowest BCUT2D eigenvalue weighted by Crippen LogP contribution is -2.15. The Labute approximate surface area is 125 Å². The Hall–Kier alpha value is -1.86. The predicted octanol–water partition coefficient (Wildman–Crippen LogP) is 3.31. The smallest absolute Gasteiger partial charge is 0.262 e. The first kappa shape index (κ1) is 15.5. The van der Waals surface area contributed by atoms with Gasteiger partial charge in [-0.3, -0.25) is 4.72 Å². The van der Waals surface area contributed by atoms with Crippen LogP contribution in [0.25, 0.3) is 0 Å². The fourth-order valence-electron chi connectivity index (χ4n) is 1.65. The van der Waals surface area contributed by atoms with Gasteiger partial charge in [-0.25, -0.2) is 17.2 Å². The lowest BCUT2D eigenvalue weighted by molar-refractivity contribution is 0.583. The molecule has 4 nitrogen and oxygen atoms in total. The topological polar surface area (TPSA) is 72.2 Å². The van der Waals surface area contributed by atoms with Crippen molar-refractivity contribution in [1.29, 1.82) is 0 Å². The summed E-state index contributed by atoms with van der Waals surface area (Å²) < 4.78 is 52.9. The Morgan fingerprint density at radius 1 is 1.19 bits per heavy atom. The van der Waals surface area contributed by atoms with Crippen LogP contribution in [0.4, 0.5) is 20.2 Å². The highest BCUT2D eigenvalue weighted by atomic mass is 35.5. The van der Waals surface area contributed by atoms with Crippen molar-refractivity contribution in [2.24, 2.45) is 0 Å². The molecule has 2 aromatic carbocycles. The first-order valence-corrected chi connectivity index (χ1v) is 7.60. The molecule has 0 aliphatic heterocycles. The van der Waals surface area contributed by atoms with Gasteiger partial charge >= 0.3 is 0 Å². The summed E-state index contributed by atoms with van der Waals surface area (Å²) in [5.41, 5.74) is 6.09. The third kappa shape index (κ3) is 3.25. The minimum absolute atomic E-state index is 0.103. The zero-order valence-electron chi connectivity index (χ0n) is 10.8. The zero-order chi connectivity index (χ0) is 15.8. The molecule has 0 amide bonds. The molecule has 2 rings (SSSR count). The maximum atomic E-state index is 13.6. The lowest BCUT2D eigenvalue weighted by Gasteiger charge is -2.11. The monoisotopic (exact) mass is 332 g/mol. The summed E-state index contributed by atoms with van der Waals surface area (Å²) >= 11 is 5.66. The van der Waals surface area contributed by atoms with Crippen molar-refractivity contribution in [2.45, 2.75) is 11.8 Å². The van der Waals surface area contributed by atoms with Gasteiger partial charge in [0.05, 0.1) is 9.92 Å². The average Bonchev–Trinajstić information content (AvgIpc) is 2.37. The normalized spacial score (nSPS) is 11.4. The summed E-state index contributed by atoms with van der Waals surface area (Å²) in [5.74, 6) is -2.00. The van der Waals surface area contributed by atoms with Gasteiger partial charge in [0, 0.05) is 11.8 Å². The zero-order valence-corrected chi connectivity index (χ0v) is 12.4. The Bertz CT molecular complexity index is 787. The highest BCUT2D eigenvalue weighted by Gasteiger charge is 2.19. The Kier molecular flexibility index (Phi) is 4.06. The number of benzene rings is 2. The van der Waals surface area contributed by atoms with Crippen molar-refractivity contribution < 1.29 is 17.2 Å². The standard InChI is InChI=1S/C13H11ClF2N2O2S/c1-7-4-9(2-3-12(7)17)21(19,20)18-13-10(14)5-8(15)6-11(13)16/h2-6,18H,17H2,1H3. The molecular weight excluding hydrogens is 322 g/mol. The number of sulfonamides is 1. The number of nitrogens with one attached hydrogen (secondary N) is 1. The minimum Gasteiger partial charge on any atom is -0.399 e. The quantitative estimate of drug-likeness (QED) is 0.847. The fourth-order valence-corrected chi connectivity index (χ4v) is 3.12. The largest absolute Gasteiger partial charge is 0.399 e. The van der Waals surface area contributed by atoms with E-state index in [4.69, 9.17) is 17.3 Å². The summed E-state index contributed by atoms with van der Waals surface area (Å²) in [4.78, 5) is -0.103. The van der Waals surface area contributed by atoms with E-state index in [0.29, 0.717) is 17.3 Å². The van der Waals surface area contributed by atoms with Crippen molar-refractivity contribution >= 4 is 33.0 Å². The third-order valence-electron chi connectivity index (χ3n) is 2.79. The molecule has 0 aliphatic rings. The van der Waals surface area contributed by atoms with Gasteiger partial charge in [-0.1, -0.05) is 11.6 Å². The van der Waals surface area contributed by atoms with Crippen LogP contribution in [0.5, 0.6) is 0 Å². The third-order valence-corrected chi connectivity index (χ3v) is 4.44. The van der Waals surface area contributed by atoms with Crippen molar-refractivity contribution in [3.05, 3.63) is 52.6 Å². The van der Waals surface area contributed by atoms with E-state index in [9.17, 15) is 17.2 Å². The lowest BCUT2D eigenvalue weighted by atomic mass is 10.2. The maximum Gasteiger partial charge on any atom is 0.262 e. The van der Waals surface area contributed by atoms with Crippen molar-refractivity contribution in [1.82, 2.24) is 0 Å². The first-order chi connectivity index (χ1) is 9.70. The van der Waals surface area contributed by atoms with E-state index < -0.39 is 27.3 Å². The van der Waals surface area contributed by atoms with E-state index in [0.717, 1.165) is 6.07 Å². The first-order valence-electron chi connectivity index (χ1n) is 5.74. The number of hydrogen-bond acceptors (Lipinski definition) is 3. The molecule has 0 unspecified atom stereocenters. The van der Waals surface area contributed by atoms with E-state index >= 15 is 0 Å². The second-order valence-electron chi connectivity index (χ2n) is 4.37. The second-order valence-corrected chi connectivity index (χ2v) is 6.46. The fraction of sp³-hybridized carbons (Fsp3) is 0.0769. The van der Waals surface area contributed by atoms with Gasteiger partial charge in [0.15, 0.2) is 5.82 Å². The summed E-state index contributed by atoms with van der Waals surface area (Å²) in [6.07, 6.45) is 0. The summed E-state index contributed by atoms with van der Waals surface area (Å²) in [7, 11) is -4.06. The number of nitrogen functional groups attached to an aromatic ring is 1. The van der Waals surface area contributed by atoms with Gasteiger partial charge < -0.3 is 5.73 Å². The van der Waals surface area contributed by atoms with Crippen LogP contribution < -0.4 is 10.5 Å². The van der Waals surface area contributed by atoms with Crippen LogP contribution in [0.1, 0.15) is 5.56 Å². The molecule has 0 aliphatic carbocycles. The highest BCUT2D eigenvalue weighted by molar-refractivity contribution is 7.92. The number of hydrogen-bond donors (Lipinski definition) is 2. The SMILES string of the molecule is Cc1cc(S(=O)(=O)Nc2c(F)cc(F)cc2Cl)ccc1N. The molecule has 8 heteroatoms. The number of rotatable bonds is 3. The average molecular weight is 333 g/mol. The molecule has 21 heavy (non-hydrogen) atoms. The van der Waals surface area contributed by atoms with Crippen LogP contribution in [-0.4, -0.2) is 8.42 Å². The van der Waals surface area contributed by atoms with Crippen LogP contribution in [0.15, 0.2) is 35.2 Å². The highest BCUT2D eigenvalue weighted by Crippen LogP contribution is 2.29. The van der Waals surface area contributed by atoms with Gasteiger partial charge in [-0.15, -0.1) is 0 Å². The van der Waals surface area contributed by atoms with Crippen LogP contribution in [0.2, 0.25) is 5.02 Å². The van der Waals surface area contributed by atoms with Crippen LogP contribution in [0.3, 0.4) is 0 Å². The molecule has 0 saturated heterocycles. The Balaban J connectivity index is 2.44.